The fourth-order valence-electron chi connectivity index (χ4n) is 3.10. The second kappa shape index (κ2) is 5.38. The highest BCUT2D eigenvalue weighted by atomic mass is 32.2. The van der Waals surface area contributed by atoms with Crippen LogP contribution < -0.4 is 4.72 Å². The van der Waals surface area contributed by atoms with Gasteiger partial charge in [0.2, 0.25) is 10.0 Å². The molecule has 24 heavy (non-hydrogen) atoms. The average Bonchev–Trinajstić information content (AvgIpc) is 3.10. The van der Waals surface area contributed by atoms with Crippen LogP contribution in [0.3, 0.4) is 0 Å². The highest BCUT2D eigenvalue weighted by Crippen LogP contribution is 2.27. The highest BCUT2D eigenvalue weighted by Gasteiger charge is 2.30. The molecule has 8 nitrogen and oxygen atoms in total. The van der Waals surface area contributed by atoms with Crippen molar-refractivity contribution in [2.45, 2.75) is 43.9 Å². The Kier molecular flexibility index (Phi) is 3.43. The zero-order valence-corrected chi connectivity index (χ0v) is 13.8. The van der Waals surface area contributed by atoms with Crippen molar-refractivity contribution in [3.8, 4) is 0 Å². The molecule has 0 spiro atoms. The molecule has 2 aliphatic heterocycles. The molecule has 0 unspecified atom stereocenters. The van der Waals surface area contributed by atoms with Crippen molar-refractivity contribution in [1.82, 2.24) is 19.5 Å². The van der Waals surface area contributed by atoms with E-state index in [1.807, 2.05) is 0 Å². The summed E-state index contributed by atoms with van der Waals surface area (Å²) in [5, 5.41) is 4.27. The van der Waals surface area contributed by atoms with Crippen LogP contribution in [0.1, 0.15) is 46.5 Å². The molecule has 1 atom stereocenters. The van der Waals surface area contributed by atoms with Gasteiger partial charge in [-0.3, -0.25) is 0 Å². The Morgan fingerprint density at radius 3 is 3.04 bits per heavy atom. The fourth-order valence-corrected chi connectivity index (χ4v) is 4.35. The SMILES string of the molecule is Cc1nc2n(n1)CCC[C@H]2NS(=O)(=O)c1ccc2c(c1)C(=O)OC2. The molecule has 1 aromatic heterocycles. The van der Waals surface area contributed by atoms with Gasteiger partial charge < -0.3 is 4.74 Å². The van der Waals surface area contributed by atoms with E-state index in [9.17, 15) is 13.2 Å². The maximum absolute atomic E-state index is 12.7. The van der Waals surface area contributed by atoms with Gasteiger partial charge >= 0.3 is 5.97 Å². The van der Waals surface area contributed by atoms with E-state index in [0.29, 0.717) is 29.2 Å². The molecular formula is C15H16N4O4S. The Morgan fingerprint density at radius 1 is 1.38 bits per heavy atom. The number of nitrogens with zero attached hydrogens (tertiary/aromatic N) is 3. The molecule has 3 heterocycles. The number of carbonyl (C=O) groups excluding carboxylic acids is 1. The molecule has 126 valence electrons. The summed E-state index contributed by atoms with van der Waals surface area (Å²) < 4.78 is 34.7. The van der Waals surface area contributed by atoms with Gasteiger partial charge in [0.1, 0.15) is 18.3 Å². The van der Waals surface area contributed by atoms with E-state index in [4.69, 9.17) is 4.74 Å². The van der Waals surface area contributed by atoms with Crippen LogP contribution in [0.4, 0.5) is 0 Å². The van der Waals surface area contributed by atoms with Gasteiger partial charge in [0.15, 0.2) is 0 Å². The zero-order valence-electron chi connectivity index (χ0n) is 13.0. The van der Waals surface area contributed by atoms with Gasteiger partial charge in [0, 0.05) is 12.1 Å². The van der Waals surface area contributed by atoms with Crippen molar-refractivity contribution in [1.29, 1.82) is 0 Å². The van der Waals surface area contributed by atoms with Crippen LogP contribution >= 0.6 is 0 Å². The number of nitrogens with one attached hydrogen (secondary N) is 1. The molecule has 4 rings (SSSR count). The van der Waals surface area contributed by atoms with Crippen molar-refractivity contribution in [3.63, 3.8) is 0 Å². The standard InChI is InChI=1S/C15H16N4O4S/c1-9-16-14-13(3-2-6-19(14)17-9)18-24(21,22)11-5-4-10-8-23-15(20)12(10)7-11/h4-5,7,13,18H,2-3,6,8H2,1H3/t13-/m1/s1. The number of hydrogen-bond acceptors (Lipinski definition) is 6. The number of fused-ring (bicyclic) bond motifs is 2. The number of ether oxygens (including phenoxy) is 1. The van der Waals surface area contributed by atoms with Crippen molar-refractivity contribution >= 4 is 16.0 Å². The molecule has 0 saturated carbocycles. The highest BCUT2D eigenvalue weighted by molar-refractivity contribution is 7.89. The number of benzene rings is 1. The second-order valence-electron chi connectivity index (χ2n) is 5.95. The van der Waals surface area contributed by atoms with Crippen molar-refractivity contribution in [2.24, 2.45) is 0 Å². The maximum Gasteiger partial charge on any atom is 0.338 e. The zero-order chi connectivity index (χ0) is 16.9. The fraction of sp³-hybridized carbons (Fsp3) is 0.400. The van der Waals surface area contributed by atoms with Crippen LogP contribution in [0.15, 0.2) is 23.1 Å². The average molecular weight is 348 g/mol. The number of cyclic esters (lactones) is 1. The molecule has 2 aliphatic rings. The van der Waals surface area contributed by atoms with Crippen LogP contribution in [-0.4, -0.2) is 29.2 Å². The van der Waals surface area contributed by atoms with E-state index in [1.165, 1.54) is 12.1 Å². The third-order valence-electron chi connectivity index (χ3n) is 4.25. The predicted octanol–water partition coefficient (Wildman–Crippen LogP) is 1.07. The number of esters is 1. The molecule has 1 N–H and O–H groups in total. The summed E-state index contributed by atoms with van der Waals surface area (Å²) in [6, 6.07) is 4.04. The second-order valence-corrected chi connectivity index (χ2v) is 7.67. The van der Waals surface area contributed by atoms with Crippen molar-refractivity contribution in [3.05, 3.63) is 41.0 Å². The van der Waals surface area contributed by atoms with Gasteiger partial charge in [-0.25, -0.2) is 27.6 Å². The summed E-state index contributed by atoms with van der Waals surface area (Å²) in [7, 11) is -3.78. The quantitative estimate of drug-likeness (QED) is 0.832. The van der Waals surface area contributed by atoms with E-state index in [1.54, 1.807) is 17.7 Å². The summed E-state index contributed by atoms with van der Waals surface area (Å²) in [4.78, 5) is 16.0. The first-order valence-electron chi connectivity index (χ1n) is 7.68. The first kappa shape index (κ1) is 15.3. The molecule has 0 saturated heterocycles. The number of rotatable bonds is 3. The molecule has 1 aromatic carbocycles. The number of aromatic nitrogens is 3. The smallest absolute Gasteiger partial charge is 0.338 e. The summed E-state index contributed by atoms with van der Waals surface area (Å²) in [6.45, 7) is 2.70. The third-order valence-corrected chi connectivity index (χ3v) is 5.72. The van der Waals surface area contributed by atoms with Gasteiger partial charge in [0.05, 0.1) is 16.5 Å². The van der Waals surface area contributed by atoms with Crippen LogP contribution in [0, 0.1) is 6.92 Å². The summed E-state index contributed by atoms with van der Waals surface area (Å²) >= 11 is 0. The lowest BCUT2D eigenvalue weighted by Gasteiger charge is -2.23. The van der Waals surface area contributed by atoms with E-state index >= 15 is 0 Å². The normalized spacial score (nSPS) is 19.7. The van der Waals surface area contributed by atoms with Gasteiger partial charge in [-0.15, -0.1) is 0 Å². The van der Waals surface area contributed by atoms with Crippen molar-refractivity contribution < 1.29 is 17.9 Å². The Morgan fingerprint density at radius 2 is 2.21 bits per heavy atom. The molecule has 0 aliphatic carbocycles. The topological polar surface area (TPSA) is 103 Å². The summed E-state index contributed by atoms with van der Waals surface area (Å²) in [5.41, 5.74) is 1.01. The molecular weight excluding hydrogens is 332 g/mol. The van der Waals surface area contributed by atoms with Gasteiger partial charge in [-0.2, -0.15) is 5.10 Å². The number of aryl methyl sites for hydroxylation is 2. The maximum atomic E-state index is 12.7. The Labute approximate surface area is 138 Å². The van der Waals surface area contributed by atoms with E-state index in [2.05, 4.69) is 14.8 Å². The third kappa shape index (κ3) is 2.49. The number of carbonyl (C=O) groups is 1. The van der Waals surface area contributed by atoms with Gasteiger partial charge in [0.25, 0.3) is 0 Å². The molecule has 9 heteroatoms. The van der Waals surface area contributed by atoms with Crippen LogP contribution in [0.25, 0.3) is 0 Å². The van der Waals surface area contributed by atoms with Gasteiger partial charge in [-0.1, -0.05) is 6.07 Å². The predicted molar refractivity (Wildman–Crippen MR) is 82.6 cm³/mol. The van der Waals surface area contributed by atoms with E-state index < -0.39 is 22.0 Å². The minimum absolute atomic E-state index is 0.0495. The lowest BCUT2D eigenvalue weighted by atomic mass is 10.1. The molecule has 0 amide bonds. The van der Waals surface area contributed by atoms with Crippen LogP contribution in [0.2, 0.25) is 0 Å². The lowest BCUT2D eigenvalue weighted by Crippen LogP contribution is -2.33. The minimum atomic E-state index is -3.78. The summed E-state index contributed by atoms with van der Waals surface area (Å²) in [6.07, 6.45) is 1.48. The molecule has 2 aromatic rings. The first-order valence-corrected chi connectivity index (χ1v) is 9.16. The Hall–Kier alpha value is -2.26. The van der Waals surface area contributed by atoms with E-state index in [0.717, 1.165) is 13.0 Å². The molecule has 0 radical (unpaired) electrons. The van der Waals surface area contributed by atoms with Gasteiger partial charge in [-0.05, 0) is 31.9 Å². The van der Waals surface area contributed by atoms with E-state index in [-0.39, 0.29) is 11.5 Å². The minimum Gasteiger partial charge on any atom is -0.457 e. The Balaban J connectivity index is 1.65. The lowest BCUT2D eigenvalue weighted by molar-refractivity contribution is 0.0535. The number of hydrogen-bond donors (Lipinski definition) is 1. The summed E-state index contributed by atoms with van der Waals surface area (Å²) in [5.74, 6) is 0.759. The molecule has 0 fully saturated rings. The number of sulfonamides is 1. The molecule has 0 bridgehead atoms. The Bertz CT molecular complexity index is 935. The largest absolute Gasteiger partial charge is 0.457 e. The van der Waals surface area contributed by atoms with Crippen LogP contribution in [0.5, 0.6) is 0 Å². The first-order chi connectivity index (χ1) is 11.4. The van der Waals surface area contributed by atoms with Crippen molar-refractivity contribution in [2.75, 3.05) is 0 Å². The monoisotopic (exact) mass is 348 g/mol. The van der Waals surface area contributed by atoms with Crippen LogP contribution in [-0.2, 0) is 27.9 Å².